The third-order valence-electron chi connectivity index (χ3n) is 2.53. The highest BCUT2D eigenvalue weighted by molar-refractivity contribution is 9.10. The lowest BCUT2D eigenvalue weighted by Crippen LogP contribution is -2.15. The van der Waals surface area contributed by atoms with Crippen molar-refractivity contribution in [2.45, 2.75) is 6.92 Å². The molecular weight excluding hydrogens is 342 g/mol. The Hall–Kier alpha value is -2.42. The van der Waals surface area contributed by atoms with Crippen LogP contribution in [0.2, 0.25) is 0 Å². The van der Waals surface area contributed by atoms with Crippen LogP contribution in [0.25, 0.3) is 0 Å². The fourth-order valence-electron chi connectivity index (χ4n) is 1.49. The average molecular weight is 354 g/mol. The third-order valence-corrected chi connectivity index (χ3v) is 3.13. The second-order valence-electron chi connectivity index (χ2n) is 4.00. The molecule has 0 bridgehead atoms. The summed E-state index contributed by atoms with van der Waals surface area (Å²) in [6.07, 6.45) is 1.50. The number of phenols is 1. The van der Waals surface area contributed by atoms with Crippen LogP contribution in [0.5, 0.6) is 11.5 Å². The smallest absolute Gasteiger partial charge is 0.363 e. The molecule has 0 amide bonds. The largest absolute Gasteiger partial charge is 0.503 e. The zero-order chi connectivity index (χ0) is 15.4. The summed E-state index contributed by atoms with van der Waals surface area (Å²) in [4.78, 5) is 14.8. The molecule has 3 N–H and O–H groups in total. The lowest BCUT2D eigenvalue weighted by Gasteiger charge is -2.06. The summed E-state index contributed by atoms with van der Waals surface area (Å²) < 4.78 is 5.52. The van der Waals surface area contributed by atoms with Crippen molar-refractivity contribution in [3.05, 3.63) is 38.3 Å². The molecule has 0 unspecified atom stereocenters. The van der Waals surface area contributed by atoms with Crippen LogP contribution < -0.4 is 15.9 Å². The summed E-state index contributed by atoms with van der Waals surface area (Å²) in [5.74, 6) is 0.594. The van der Waals surface area contributed by atoms with Gasteiger partial charge >= 0.3 is 5.69 Å². The second-order valence-corrected chi connectivity index (χ2v) is 4.85. The number of aromatic amines is 1. The van der Waals surface area contributed by atoms with Crippen molar-refractivity contribution in [1.29, 1.82) is 0 Å². The number of methoxy groups -OCH3 is 1. The van der Waals surface area contributed by atoms with E-state index in [-0.39, 0.29) is 11.6 Å². The number of benzene rings is 1. The number of rotatable bonds is 4. The van der Waals surface area contributed by atoms with Gasteiger partial charge < -0.3 is 9.84 Å². The molecule has 2 rings (SSSR count). The average Bonchev–Trinajstić information content (AvgIpc) is 2.46. The number of anilines is 1. The van der Waals surface area contributed by atoms with E-state index < -0.39 is 5.69 Å². The van der Waals surface area contributed by atoms with Crippen molar-refractivity contribution in [3.8, 4) is 11.5 Å². The quantitative estimate of drug-likeness (QED) is 0.565. The fourth-order valence-corrected chi connectivity index (χ4v) is 1.95. The van der Waals surface area contributed by atoms with E-state index in [0.29, 0.717) is 21.5 Å². The highest BCUT2D eigenvalue weighted by atomic mass is 79.9. The third kappa shape index (κ3) is 3.57. The molecule has 1 aromatic heterocycles. The minimum absolute atomic E-state index is 0.0129. The zero-order valence-electron chi connectivity index (χ0n) is 11.2. The number of nitrogens with zero attached hydrogens (tertiary/aromatic N) is 3. The first-order valence-electron chi connectivity index (χ1n) is 5.80. The molecule has 0 fully saturated rings. The van der Waals surface area contributed by atoms with Gasteiger partial charge in [-0.2, -0.15) is 15.2 Å². The molecule has 0 aliphatic heterocycles. The highest BCUT2D eigenvalue weighted by Crippen LogP contribution is 2.34. The Bertz CT molecular complexity index is 744. The minimum atomic E-state index is -0.563. The first-order chi connectivity index (χ1) is 10.0. The maximum Gasteiger partial charge on any atom is 0.363 e. The van der Waals surface area contributed by atoms with Crippen molar-refractivity contribution in [2.24, 2.45) is 5.10 Å². The van der Waals surface area contributed by atoms with Crippen LogP contribution in [0.15, 0.2) is 26.5 Å². The second kappa shape index (κ2) is 6.35. The summed E-state index contributed by atoms with van der Waals surface area (Å²) >= 11 is 3.22. The summed E-state index contributed by atoms with van der Waals surface area (Å²) in [5.41, 5.74) is 3.26. The van der Waals surface area contributed by atoms with Crippen LogP contribution in [0, 0.1) is 6.92 Å². The van der Waals surface area contributed by atoms with E-state index in [1.165, 1.54) is 13.3 Å². The van der Waals surface area contributed by atoms with E-state index in [9.17, 15) is 9.90 Å². The number of aromatic nitrogens is 3. The monoisotopic (exact) mass is 353 g/mol. The Morgan fingerprint density at radius 2 is 2.29 bits per heavy atom. The summed E-state index contributed by atoms with van der Waals surface area (Å²) in [6, 6.07) is 3.28. The number of ether oxygens (including phenoxy) is 1. The molecule has 0 radical (unpaired) electrons. The van der Waals surface area contributed by atoms with E-state index in [1.807, 2.05) is 0 Å². The van der Waals surface area contributed by atoms with Crippen molar-refractivity contribution in [3.63, 3.8) is 0 Å². The van der Waals surface area contributed by atoms with Gasteiger partial charge in [-0.15, -0.1) is 0 Å². The lowest BCUT2D eigenvalue weighted by molar-refractivity contribution is 0.372. The number of aryl methyl sites for hydroxylation is 1. The Balaban J connectivity index is 2.20. The molecule has 0 spiro atoms. The van der Waals surface area contributed by atoms with Crippen molar-refractivity contribution >= 4 is 28.0 Å². The number of H-pyrrole nitrogens is 1. The molecule has 1 aromatic carbocycles. The number of aromatic hydroxyl groups is 1. The van der Waals surface area contributed by atoms with Crippen LogP contribution >= 0.6 is 15.9 Å². The van der Waals surface area contributed by atoms with Gasteiger partial charge in [0.15, 0.2) is 17.3 Å². The van der Waals surface area contributed by atoms with Crippen molar-refractivity contribution in [1.82, 2.24) is 15.2 Å². The topological polar surface area (TPSA) is 112 Å². The van der Waals surface area contributed by atoms with Gasteiger partial charge in [-0.1, -0.05) is 0 Å². The van der Waals surface area contributed by atoms with Gasteiger partial charge in [0.2, 0.25) is 0 Å². The first kappa shape index (κ1) is 15.0. The maximum atomic E-state index is 11.1. The molecule has 2 aromatic rings. The van der Waals surface area contributed by atoms with Crippen LogP contribution in [0.3, 0.4) is 0 Å². The molecule has 0 saturated carbocycles. The number of hydrogen-bond donors (Lipinski definition) is 3. The fraction of sp³-hybridized carbons (Fsp3) is 0.167. The van der Waals surface area contributed by atoms with Gasteiger partial charge in [0.05, 0.1) is 17.8 Å². The van der Waals surface area contributed by atoms with Gasteiger partial charge in [-0.25, -0.2) is 9.89 Å². The predicted molar refractivity (Wildman–Crippen MR) is 81.0 cm³/mol. The van der Waals surface area contributed by atoms with Crippen LogP contribution in [-0.2, 0) is 0 Å². The highest BCUT2D eigenvalue weighted by Gasteiger charge is 2.07. The SMILES string of the molecule is COc1cc(/C=N\Nc2nc(=O)[nH]nc2C)cc(Br)c1O. The number of hydrazone groups is 1. The molecule has 110 valence electrons. The van der Waals surface area contributed by atoms with Gasteiger partial charge in [-0.3, -0.25) is 5.43 Å². The number of hydrogen-bond acceptors (Lipinski definition) is 7. The molecule has 8 nitrogen and oxygen atoms in total. The normalized spacial score (nSPS) is 10.8. The molecule has 0 aliphatic rings. The Morgan fingerprint density at radius 3 is 3.00 bits per heavy atom. The van der Waals surface area contributed by atoms with Crippen LogP contribution in [-0.4, -0.2) is 33.6 Å². The van der Waals surface area contributed by atoms with Gasteiger partial charge in [0.25, 0.3) is 0 Å². The summed E-state index contributed by atoms with van der Waals surface area (Å²) in [7, 11) is 1.45. The van der Waals surface area contributed by atoms with Crippen LogP contribution in [0.4, 0.5) is 5.82 Å². The van der Waals surface area contributed by atoms with Gasteiger partial charge in [0.1, 0.15) is 5.69 Å². The molecule has 1 heterocycles. The predicted octanol–water partition coefficient (Wildman–Crippen LogP) is 1.40. The number of nitrogens with one attached hydrogen (secondary N) is 2. The van der Waals surface area contributed by atoms with E-state index >= 15 is 0 Å². The van der Waals surface area contributed by atoms with Gasteiger partial charge in [0, 0.05) is 0 Å². The molecular formula is C12H12BrN5O3. The Labute approximate surface area is 128 Å². The molecule has 9 heteroatoms. The van der Waals surface area contributed by atoms with E-state index in [0.717, 1.165) is 0 Å². The molecule has 0 atom stereocenters. The lowest BCUT2D eigenvalue weighted by atomic mass is 10.2. The zero-order valence-corrected chi connectivity index (χ0v) is 12.8. The summed E-state index contributed by atoms with van der Waals surface area (Å²) in [5, 5.41) is 19.7. The standard InChI is InChI=1S/C12H12BrN5O3/c1-6-11(15-12(20)18-16-6)17-14-5-7-3-8(13)10(19)9(4-7)21-2/h3-5,19H,1-2H3,(H2,15,17,18,20)/b14-5-. The van der Waals surface area contributed by atoms with Gasteiger partial charge in [-0.05, 0) is 40.5 Å². The molecule has 21 heavy (non-hydrogen) atoms. The van der Waals surface area contributed by atoms with E-state index in [4.69, 9.17) is 4.74 Å². The molecule has 0 saturated heterocycles. The Kier molecular flexibility index (Phi) is 4.53. The molecule has 0 aliphatic carbocycles. The number of phenolic OH excluding ortho intramolecular Hbond substituents is 1. The van der Waals surface area contributed by atoms with E-state index in [2.05, 4.69) is 41.6 Å². The Morgan fingerprint density at radius 1 is 1.52 bits per heavy atom. The maximum absolute atomic E-state index is 11.1. The van der Waals surface area contributed by atoms with Crippen LogP contribution in [0.1, 0.15) is 11.3 Å². The summed E-state index contributed by atoms with van der Waals surface area (Å²) in [6.45, 7) is 1.68. The van der Waals surface area contributed by atoms with Crippen molar-refractivity contribution < 1.29 is 9.84 Å². The first-order valence-corrected chi connectivity index (χ1v) is 6.59. The minimum Gasteiger partial charge on any atom is -0.503 e. The van der Waals surface area contributed by atoms with Crippen molar-refractivity contribution in [2.75, 3.05) is 12.5 Å². The van der Waals surface area contributed by atoms with E-state index in [1.54, 1.807) is 19.1 Å². The number of halogens is 1.